The lowest BCUT2D eigenvalue weighted by Gasteiger charge is -2.23. The number of hydrogen-bond acceptors (Lipinski definition) is 3. The summed E-state index contributed by atoms with van der Waals surface area (Å²) in [4.78, 5) is 9.98. The SMILES string of the molecule is CCNC(=NCCOC1CCCCCC1)N1CCC(CN2CCCC2)C1.I. The molecule has 1 unspecified atom stereocenters. The van der Waals surface area contributed by atoms with Gasteiger partial charge in [-0.3, -0.25) is 4.99 Å². The lowest BCUT2D eigenvalue weighted by molar-refractivity contribution is 0.0486. The highest BCUT2D eigenvalue weighted by molar-refractivity contribution is 14.0. The minimum atomic E-state index is 0. The molecule has 1 N–H and O–H groups in total. The van der Waals surface area contributed by atoms with Crippen molar-refractivity contribution in [1.82, 2.24) is 15.1 Å². The van der Waals surface area contributed by atoms with Crippen LogP contribution in [0.3, 0.4) is 0 Å². The Morgan fingerprint density at radius 1 is 1.00 bits per heavy atom. The zero-order chi connectivity index (χ0) is 18.0. The molecule has 5 nitrogen and oxygen atoms in total. The van der Waals surface area contributed by atoms with Crippen molar-refractivity contribution in [1.29, 1.82) is 0 Å². The Bertz CT molecular complexity index is 420. The van der Waals surface area contributed by atoms with E-state index in [0.29, 0.717) is 6.10 Å². The summed E-state index contributed by atoms with van der Waals surface area (Å²) in [5, 5.41) is 3.49. The molecule has 158 valence electrons. The number of guanidine groups is 1. The highest BCUT2D eigenvalue weighted by Crippen LogP contribution is 2.21. The maximum Gasteiger partial charge on any atom is 0.194 e. The van der Waals surface area contributed by atoms with Crippen LogP contribution in [0.15, 0.2) is 4.99 Å². The second-order valence-electron chi connectivity index (χ2n) is 8.33. The van der Waals surface area contributed by atoms with Crippen molar-refractivity contribution < 1.29 is 4.74 Å². The number of likely N-dealkylation sites (tertiary alicyclic amines) is 2. The Kier molecular flexibility index (Phi) is 11.3. The Hall–Kier alpha value is -0.0800. The van der Waals surface area contributed by atoms with Gasteiger partial charge in [-0.25, -0.2) is 0 Å². The summed E-state index contributed by atoms with van der Waals surface area (Å²) in [6.07, 6.45) is 12.5. The minimum absolute atomic E-state index is 0. The molecule has 0 bridgehead atoms. The highest BCUT2D eigenvalue weighted by Gasteiger charge is 2.27. The van der Waals surface area contributed by atoms with Crippen LogP contribution in [0.5, 0.6) is 0 Å². The van der Waals surface area contributed by atoms with Gasteiger partial charge in [0, 0.05) is 26.2 Å². The lowest BCUT2D eigenvalue weighted by Crippen LogP contribution is -2.41. The first-order chi connectivity index (χ1) is 12.8. The molecule has 0 aromatic rings. The van der Waals surface area contributed by atoms with Crippen molar-refractivity contribution in [3.63, 3.8) is 0 Å². The molecule has 6 heteroatoms. The van der Waals surface area contributed by atoms with E-state index < -0.39 is 0 Å². The van der Waals surface area contributed by atoms with E-state index in [4.69, 9.17) is 9.73 Å². The molecular weight excluding hydrogens is 451 g/mol. The van der Waals surface area contributed by atoms with Gasteiger partial charge in [-0.2, -0.15) is 0 Å². The van der Waals surface area contributed by atoms with Crippen LogP contribution >= 0.6 is 24.0 Å². The number of rotatable bonds is 7. The van der Waals surface area contributed by atoms with Gasteiger partial charge in [-0.1, -0.05) is 25.7 Å². The first-order valence-electron chi connectivity index (χ1n) is 11.2. The molecule has 0 aromatic heterocycles. The van der Waals surface area contributed by atoms with E-state index in [0.717, 1.165) is 44.7 Å². The predicted molar refractivity (Wildman–Crippen MR) is 124 cm³/mol. The molecule has 3 rings (SSSR count). The smallest absolute Gasteiger partial charge is 0.194 e. The van der Waals surface area contributed by atoms with Crippen molar-refractivity contribution in [3.8, 4) is 0 Å². The van der Waals surface area contributed by atoms with Gasteiger partial charge >= 0.3 is 0 Å². The predicted octanol–water partition coefficient (Wildman–Crippen LogP) is 3.73. The maximum absolute atomic E-state index is 6.10. The van der Waals surface area contributed by atoms with Crippen molar-refractivity contribution in [3.05, 3.63) is 0 Å². The summed E-state index contributed by atoms with van der Waals surface area (Å²) in [5.74, 6) is 1.90. The van der Waals surface area contributed by atoms with Crippen LogP contribution in [0.1, 0.15) is 64.7 Å². The molecule has 2 saturated heterocycles. The molecule has 1 saturated carbocycles. The largest absolute Gasteiger partial charge is 0.376 e. The average Bonchev–Trinajstić information content (AvgIpc) is 3.26. The summed E-state index contributed by atoms with van der Waals surface area (Å²) >= 11 is 0. The molecule has 2 aliphatic heterocycles. The molecule has 2 heterocycles. The van der Waals surface area contributed by atoms with Crippen LogP contribution in [0, 0.1) is 5.92 Å². The fraction of sp³-hybridized carbons (Fsp3) is 0.952. The van der Waals surface area contributed by atoms with E-state index in [1.807, 2.05) is 0 Å². The van der Waals surface area contributed by atoms with Crippen LogP contribution in [0.25, 0.3) is 0 Å². The fourth-order valence-corrected chi connectivity index (χ4v) is 4.71. The number of hydrogen-bond donors (Lipinski definition) is 1. The van der Waals surface area contributed by atoms with Gasteiger partial charge in [0.25, 0.3) is 0 Å². The molecule has 3 aliphatic rings. The molecule has 0 radical (unpaired) electrons. The summed E-state index contributed by atoms with van der Waals surface area (Å²) in [7, 11) is 0. The topological polar surface area (TPSA) is 40.1 Å². The van der Waals surface area contributed by atoms with Crippen LogP contribution in [-0.2, 0) is 4.74 Å². The van der Waals surface area contributed by atoms with Gasteiger partial charge < -0.3 is 19.9 Å². The summed E-state index contributed by atoms with van der Waals surface area (Å²) in [6, 6.07) is 0. The average molecular weight is 492 g/mol. The highest BCUT2D eigenvalue weighted by atomic mass is 127. The van der Waals surface area contributed by atoms with E-state index in [9.17, 15) is 0 Å². The number of ether oxygens (including phenoxy) is 1. The van der Waals surface area contributed by atoms with Gasteiger partial charge in [-0.15, -0.1) is 24.0 Å². The van der Waals surface area contributed by atoms with Gasteiger partial charge in [0.15, 0.2) is 5.96 Å². The first-order valence-corrected chi connectivity index (χ1v) is 11.2. The first kappa shape index (κ1) is 23.2. The van der Waals surface area contributed by atoms with Gasteiger partial charge in [0.1, 0.15) is 0 Å². The third-order valence-electron chi connectivity index (χ3n) is 6.14. The zero-order valence-electron chi connectivity index (χ0n) is 17.3. The van der Waals surface area contributed by atoms with Crippen molar-refractivity contribution in [2.75, 3.05) is 52.4 Å². The van der Waals surface area contributed by atoms with E-state index in [1.54, 1.807) is 0 Å². The summed E-state index contributed by atoms with van der Waals surface area (Å²) in [5.41, 5.74) is 0. The summed E-state index contributed by atoms with van der Waals surface area (Å²) in [6.45, 7) is 10.9. The van der Waals surface area contributed by atoms with Crippen molar-refractivity contribution in [2.45, 2.75) is 70.8 Å². The van der Waals surface area contributed by atoms with Crippen molar-refractivity contribution in [2.24, 2.45) is 10.9 Å². The molecule has 0 spiro atoms. The van der Waals surface area contributed by atoms with Crippen molar-refractivity contribution >= 4 is 29.9 Å². The third kappa shape index (κ3) is 8.05. The standard InChI is InChI=1S/C21H40N4O.HI/c1-2-22-21(23-12-16-26-20-9-5-3-4-6-10-20)25-15-11-19(18-25)17-24-13-7-8-14-24;/h19-20H,2-18H2,1H3,(H,22,23);1H. The molecule has 0 amide bonds. The normalized spacial score (nSPS) is 25.4. The number of halogens is 1. The molecule has 3 fully saturated rings. The maximum atomic E-state index is 6.10. The van der Waals surface area contributed by atoms with E-state index in [2.05, 4.69) is 22.0 Å². The third-order valence-corrected chi connectivity index (χ3v) is 6.14. The fourth-order valence-electron chi connectivity index (χ4n) is 4.71. The van der Waals surface area contributed by atoms with Gasteiger partial charge in [0.05, 0.1) is 19.3 Å². The number of aliphatic imine (C=N–C) groups is 1. The van der Waals surface area contributed by atoms with Crippen LogP contribution in [0.4, 0.5) is 0 Å². The van der Waals surface area contributed by atoms with Gasteiger partial charge in [0.2, 0.25) is 0 Å². The Labute approximate surface area is 183 Å². The summed E-state index contributed by atoms with van der Waals surface area (Å²) < 4.78 is 6.10. The second kappa shape index (κ2) is 13.2. The minimum Gasteiger partial charge on any atom is -0.376 e. The number of nitrogens with one attached hydrogen (secondary N) is 1. The molecular formula is C21H41IN4O. The van der Waals surface area contributed by atoms with E-state index >= 15 is 0 Å². The molecule has 27 heavy (non-hydrogen) atoms. The Morgan fingerprint density at radius 3 is 2.44 bits per heavy atom. The van der Waals surface area contributed by atoms with Crippen LogP contribution in [0.2, 0.25) is 0 Å². The zero-order valence-corrected chi connectivity index (χ0v) is 19.7. The van der Waals surface area contributed by atoms with E-state index in [1.165, 1.54) is 77.4 Å². The quantitative estimate of drug-likeness (QED) is 0.193. The Morgan fingerprint density at radius 2 is 1.74 bits per heavy atom. The number of nitrogens with zero attached hydrogens (tertiary/aromatic N) is 3. The van der Waals surface area contributed by atoms with E-state index in [-0.39, 0.29) is 24.0 Å². The van der Waals surface area contributed by atoms with Crippen LogP contribution < -0.4 is 5.32 Å². The molecule has 1 atom stereocenters. The lowest BCUT2D eigenvalue weighted by atomic mass is 10.1. The monoisotopic (exact) mass is 492 g/mol. The second-order valence-corrected chi connectivity index (χ2v) is 8.33. The molecule has 1 aliphatic carbocycles. The van der Waals surface area contributed by atoms with Crippen LogP contribution in [-0.4, -0.2) is 74.3 Å². The molecule has 0 aromatic carbocycles. The van der Waals surface area contributed by atoms with Gasteiger partial charge in [-0.05, 0) is 58.0 Å². The Balaban J connectivity index is 0.00000261.